The molecule has 1 saturated heterocycles. The molecule has 0 aliphatic carbocycles. The predicted molar refractivity (Wildman–Crippen MR) is 130 cm³/mol. The van der Waals surface area contributed by atoms with E-state index in [2.05, 4.69) is 6.07 Å². The Morgan fingerprint density at radius 1 is 1.09 bits per heavy atom. The minimum Gasteiger partial charge on any atom is -0.457 e. The molecule has 0 saturated carbocycles. The normalized spacial score (nSPS) is 16.1. The van der Waals surface area contributed by atoms with Crippen LogP contribution < -0.4 is 4.90 Å². The minimum absolute atomic E-state index is 0.0857. The number of nitriles is 1. The second-order valence-electron chi connectivity index (χ2n) is 7.36. The Kier molecular flexibility index (Phi) is 6.15. The molecule has 1 amide bonds. The van der Waals surface area contributed by atoms with Crippen LogP contribution in [0.2, 0.25) is 0 Å². The third-order valence-corrected chi connectivity index (χ3v) is 6.00. The molecule has 0 unspecified atom stereocenters. The average Bonchev–Trinajstić information content (AvgIpc) is 3.39. The first-order valence-electron chi connectivity index (χ1n) is 10.2. The van der Waals surface area contributed by atoms with Crippen molar-refractivity contribution in [2.24, 2.45) is 4.99 Å². The van der Waals surface area contributed by atoms with Crippen molar-refractivity contribution in [3.63, 3.8) is 0 Å². The number of benzene rings is 2. The molecule has 32 heavy (non-hydrogen) atoms. The largest absolute Gasteiger partial charge is 0.457 e. The molecule has 7 heteroatoms. The van der Waals surface area contributed by atoms with E-state index in [-0.39, 0.29) is 5.91 Å². The van der Waals surface area contributed by atoms with Crippen molar-refractivity contribution in [2.45, 2.75) is 6.92 Å². The van der Waals surface area contributed by atoms with Gasteiger partial charge in [0.05, 0.1) is 22.2 Å². The zero-order chi connectivity index (χ0) is 22.7. The molecule has 1 aliphatic heterocycles. The molecular formula is C25H22N4O2S. The highest BCUT2D eigenvalue weighted by Crippen LogP contribution is 2.35. The number of aliphatic imine (C=N–C) groups is 1. The van der Waals surface area contributed by atoms with E-state index in [1.54, 1.807) is 23.1 Å². The van der Waals surface area contributed by atoms with Crippen LogP contribution in [-0.4, -0.2) is 36.6 Å². The zero-order valence-corrected chi connectivity index (χ0v) is 18.9. The fourth-order valence-electron chi connectivity index (χ4n) is 3.23. The minimum atomic E-state index is -0.0857. The molecule has 2 aromatic carbocycles. The van der Waals surface area contributed by atoms with E-state index in [0.29, 0.717) is 33.7 Å². The van der Waals surface area contributed by atoms with Crippen LogP contribution in [-0.2, 0) is 4.79 Å². The number of amides is 1. The van der Waals surface area contributed by atoms with E-state index in [0.717, 1.165) is 16.9 Å². The molecule has 0 radical (unpaired) electrons. The van der Waals surface area contributed by atoms with Gasteiger partial charge in [0.2, 0.25) is 0 Å². The number of anilines is 1. The maximum absolute atomic E-state index is 12.9. The third-order valence-electron chi connectivity index (χ3n) is 4.99. The van der Waals surface area contributed by atoms with Crippen LogP contribution >= 0.6 is 11.8 Å². The van der Waals surface area contributed by atoms with Gasteiger partial charge >= 0.3 is 0 Å². The summed E-state index contributed by atoms with van der Waals surface area (Å²) in [4.78, 5) is 21.9. The summed E-state index contributed by atoms with van der Waals surface area (Å²) in [6.45, 7) is 2.47. The first-order valence-corrected chi connectivity index (χ1v) is 11.0. The lowest BCUT2D eigenvalue weighted by Gasteiger charge is -2.13. The van der Waals surface area contributed by atoms with Gasteiger partial charge in [-0.3, -0.25) is 9.69 Å². The molecule has 2 heterocycles. The van der Waals surface area contributed by atoms with E-state index < -0.39 is 0 Å². The van der Waals surface area contributed by atoms with Crippen LogP contribution in [0.25, 0.3) is 17.4 Å². The standard InChI is InChI=1S/C25H22N4O2S/c1-4-29-24(30)23(32-25(29)27-19-9-11-20(12-10-19)28(2)3)15-21-13-14-22(31-21)18-7-5-17(16-26)6-8-18/h5-15H,4H2,1-3H3/b23-15-,27-25?. The molecular weight excluding hydrogens is 420 g/mol. The maximum Gasteiger partial charge on any atom is 0.266 e. The van der Waals surface area contributed by atoms with Crippen LogP contribution in [0.4, 0.5) is 11.4 Å². The Hall–Kier alpha value is -3.76. The number of thioether (sulfide) groups is 1. The van der Waals surface area contributed by atoms with E-state index in [1.165, 1.54) is 11.8 Å². The van der Waals surface area contributed by atoms with Gasteiger partial charge in [-0.15, -0.1) is 0 Å². The summed E-state index contributed by atoms with van der Waals surface area (Å²) in [7, 11) is 3.98. The van der Waals surface area contributed by atoms with E-state index in [1.807, 2.05) is 74.4 Å². The summed E-state index contributed by atoms with van der Waals surface area (Å²) >= 11 is 1.34. The quantitative estimate of drug-likeness (QED) is 0.487. The van der Waals surface area contributed by atoms with Gasteiger partial charge in [0.1, 0.15) is 11.5 Å². The van der Waals surface area contributed by atoms with Crippen LogP contribution in [0.5, 0.6) is 0 Å². The number of carbonyl (C=O) groups excluding carboxylic acids is 1. The number of carbonyl (C=O) groups is 1. The van der Waals surface area contributed by atoms with Gasteiger partial charge in [-0.05, 0) is 79.3 Å². The Labute approximate surface area is 191 Å². The van der Waals surface area contributed by atoms with Gasteiger partial charge in [-0.25, -0.2) is 4.99 Å². The molecule has 0 N–H and O–H groups in total. The highest BCUT2D eigenvalue weighted by molar-refractivity contribution is 8.18. The summed E-state index contributed by atoms with van der Waals surface area (Å²) in [5.74, 6) is 1.18. The Bertz CT molecular complexity index is 1230. The van der Waals surface area contributed by atoms with Gasteiger partial charge in [0.25, 0.3) is 5.91 Å². The predicted octanol–water partition coefficient (Wildman–Crippen LogP) is 5.51. The average molecular weight is 443 g/mol. The number of nitrogens with zero attached hydrogens (tertiary/aromatic N) is 4. The molecule has 160 valence electrons. The van der Waals surface area contributed by atoms with Gasteiger partial charge in [-0.2, -0.15) is 5.26 Å². The number of rotatable bonds is 5. The molecule has 0 spiro atoms. The van der Waals surface area contributed by atoms with Crippen molar-refractivity contribution >= 4 is 40.3 Å². The molecule has 1 aromatic heterocycles. The summed E-state index contributed by atoms with van der Waals surface area (Å²) in [5.41, 5.74) is 3.36. The smallest absolute Gasteiger partial charge is 0.266 e. The molecule has 0 atom stereocenters. The number of furan rings is 1. The van der Waals surface area contributed by atoms with Crippen LogP contribution in [0.1, 0.15) is 18.2 Å². The summed E-state index contributed by atoms with van der Waals surface area (Å²) in [5, 5.41) is 9.60. The van der Waals surface area contributed by atoms with Crippen molar-refractivity contribution in [1.82, 2.24) is 4.90 Å². The fourth-order valence-corrected chi connectivity index (χ4v) is 4.27. The lowest BCUT2D eigenvalue weighted by atomic mass is 10.1. The number of amidine groups is 1. The fraction of sp³-hybridized carbons (Fsp3) is 0.160. The lowest BCUT2D eigenvalue weighted by molar-refractivity contribution is -0.122. The Morgan fingerprint density at radius 3 is 2.44 bits per heavy atom. The first-order chi connectivity index (χ1) is 15.5. The van der Waals surface area contributed by atoms with Gasteiger partial charge < -0.3 is 9.32 Å². The molecule has 1 aliphatic rings. The number of hydrogen-bond donors (Lipinski definition) is 0. The summed E-state index contributed by atoms with van der Waals surface area (Å²) in [6, 6.07) is 20.9. The van der Waals surface area contributed by atoms with Crippen LogP contribution in [0.15, 0.2) is 75.0 Å². The summed E-state index contributed by atoms with van der Waals surface area (Å²) < 4.78 is 5.92. The maximum atomic E-state index is 12.9. The molecule has 0 bridgehead atoms. The van der Waals surface area contributed by atoms with Crippen molar-refractivity contribution in [1.29, 1.82) is 5.26 Å². The molecule has 1 fully saturated rings. The van der Waals surface area contributed by atoms with Crippen molar-refractivity contribution in [2.75, 3.05) is 25.5 Å². The summed E-state index contributed by atoms with van der Waals surface area (Å²) in [6.07, 6.45) is 1.75. The lowest BCUT2D eigenvalue weighted by Crippen LogP contribution is -2.28. The third kappa shape index (κ3) is 4.46. The Balaban J connectivity index is 1.57. The van der Waals surface area contributed by atoms with Gasteiger partial charge in [-0.1, -0.05) is 0 Å². The highest BCUT2D eigenvalue weighted by Gasteiger charge is 2.32. The second-order valence-corrected chi connectivity index (χ2v) is 8.37. The number of likely N-dealkylation sites (N-methyl/N-ethyl adjacent to an activating group) is 1. The van der Waals surface area contributed by atoms with E-state index >= 15 is 0 Å². The molecule has 4 rings (SSSR count). The van der Waals surface area contributed by atoms with Crippen LogP contribution in [0, 0.1) is 11.3 Å². The molecule has 6 nitrogen and oxygen atoms in total. The zero-order valence-electron chi connectivity index (χ0n) is 18.1. The van der Waals surface area contributed by atoms with Crippen molar-refractivity contribution < 1.29 is 9.21 Å². The topological polar surface area (TPSA) is 72.8 Å². The second kappa shape index (κ2) is 9.16. The van der Waals surface area contributed by atoms with E-state index in [9.17, 15) is 4.79 Å². The van der Waals surface area contributed by atoms with E-state index in [4.69, 9.17) is 14.7 Å². The highest BCUT2D eigenvalue weighted by atomic mass is 32.2. The van der Waals surface area contributed by atoms with Crippen LogP contribution in [0.3, 0.4) is 0 Å². The van der Waals surface area contributed by atoms with Gasteiger partial charge in [0.15, 0.2) is 5.17 Å². The molecule has 3 aromatic rings. The van der Waals surface area contributed by atoms with Gasteiger partial charge in [0, 0.05) is 38.0 Å². The Morgan fingerprint density at radius 2 is 1.81 bits per heavy atom. The first kappa shape index (κ1) is 21.5. The SMILES string of the molecule is CCN1C(=O)/C(=C/c2ccc(-c3ccc(C#N)cc3)o2)SC1=Nc1ccc(N(C)C)cc1. The number of hydrogen-bond acceptors (Lipinski definition) is 6. The van der Waals surface area contributed by atoms with Crippen molar-refractivity contribution in [3.8, 4) is 17.4 Å². The monoisotopic (exact) mass is 442 g/mol. The van der Waals surface area contributed by atoms with Crippen molar-refractivity contribution in [3.05, 3.63) is 76.9 Å².